The van der Waals surface area contributed by atoms with Crippen LogP contribution in [0.2, 0.25) is 0 Å². The summed E-state index contributed by atoms with van der Waals surface area (Å²) in [6, 6.07) is 3.39. The molecular weight excluding hydrogens is 270 g/mol. The third-order valence-electron chi connectivity index (χ3n) is 3.30. The van der Waals surface area contributed by atoms with E-state index in [0.29, 0.717) is 23.1 Å². The maximum Gasteiger partial charge on any atom is 0.250 e. The molecule has 0 aromatic carbocycles. The topological polar surface area (TPSA) is 66.4 Å². The third kappa shape index (κ3) is 3.54. The van der Waals surface area contributed by atoms with Crippen molar-refractivity contribution in [2.45, 2.75) is 36.3 Å². The average molecular weight is 289 g/mol. The van der Waals surface area contributed by atoms with Gasteiger partial charge in [0.15, 0.2) is 0 Å². The molecule has 102 valence electrons. The van der Waals surface area contributed by atoms with E-state index in [2.05, 4.69) is 4.72 Å². The quantitative estimate of drug-likeness (QED) is 0.838. The lowest BCUT2D eigenvalue weighted by Gasteiger charge is -2.09. The van der Waals surface area contributed by atoms with Crippen molar-refractivity contribution in [1.29, 1.82) is 0 Å². The number of aliphatic hydroxyl groups is 1. The number of aliphatic hydroxyl groups excluding tert-OH is 1. The molecule has 0 bridgehead atoms. The molecule has 0 atom stereocenters. The normalized spacial score (nSPS) is 17.4. The predicted octanol–water partition coefficient (Wildman–Crippen LogP) is 1.75. The van der Waals surface area contributed by atoms with Gasteiger partial charge in [-0.3, -0.25) is 0 Å². The minimum absolute atomic E-state index is 0.0511. The number of sulfonamides is 1. The van der Waals surface area contributed by atoms with Gasteiger partial charge in [0.2, 0.25) is 10.0 Å². The largest absolute Gasteiger partial charge is 0.396 e. The van der Waals surface area contributed by atoms with E-state index in [1.165, 1.54) is 24.2 Å². The Bertz CT molecular complexity index is 475. The lowest BCUT2D eigenvalue weighted by Crippen LogP contribution is -2.27. The summed E-state index contributed by atoms with van der Waals surface area (Å²) in [7, 11) is -3.36. The van der Waals surface area contributed by atoms with E-state index in [9.17, 15) is 8.42 Å². The second-order valence-corrected chi connectivity index (χ2v) is 7.86. The molecule has 0 radical (unpaired) electrons. The highest BCUT2D eigenvalue weighted by Gasteiger charge is 2.20. The molecule has 18 heavy (non-hydrogen) atoms. The molecule has 0 spiro atoms. The van der Waals surface area contributed by atoms with Crippen LogP contribution >= 0.6 is 11.3 Å². The van der Waals surface area contributed by atoms with E-state index in [4.69, 9.17) is 5.11 Å². The molecule has 4 nitrogen and oxygen atoms in total. The summed E-state index contributed by atoms with van der Waals surface area (Å²) in [4.78, 5) is 0.902. The average Bonchev–Trinajstić information content (AvgIpc) is 2.98. The van der Waals surface area contributed by atoms with Crippen LogP contribution in [-0.2, 0) is 16.4 Å². The summed E-state index contributed by atoms with van der Waals surface area (Å²) in [5.74, 6) is 0.497. The van der Waals surface area contributed by atoms with E-state index < -0.39 is 10.0 Å². The zero-order valence-corrected chi connectivity index (χ0v) is 11.9. The monoisotopic (exact) mass is 289 g/mol. The minimum atomic E-state index is -3.36. The van der Waals surface area contributed by atoms with Crippen LogP contribution in [-0.4, -0.2) is 26.7 Å². The fourth-order valence-corrected chi connectivity index (χ4v) is 4.77. The van der Waals surface area contributed by atoms with E-state index in [-0.39, 0.29) is 6.61 Å². The maximum atomic E-state index is 12.0. The summed E-state index contributed by atoms with van der Waals surface area (Å²) in [6.45, 7) is 0.602. The third-order valence-corrected chi connectivity index (χ3v) is 6.36. The van der Waals surface area contributed by atoms with Gasteiger partial charge in [0, 0.05) is 24.4 Å². The van der Waals surface area contributed by atoms with Crippen LogP contribution in [0.5, 0.6) is 0 Å². The number of nitrogens with one attached hydrogen (secondary N) is 1. The molecule has 0 amide bonds. The zero-order valence-electron chi connectivity index (χ0n) is 10.3. The molecule has 1 aromatic rings. The Labute approximate surface area is 112 Å². The molecule has 1 aliphatic rings. The molecule has 1 aliphatic carbocycles. The van der Waals surface area contributed by atoms with Gasteiger partial charge in [0.25, 0.3) is 0 Å². The number of thiophene rings is 1. The Hall–Kier alpha value is -0.430. The standard InChI is InChI=1S/C12H19NO3S2/c14-8-7-11-5-6-12(17-11)18(15,16)13-9-10-3-1-2-4-10/h5-6,10,13-14H,1-4,7-9H2. The fourth-order valence-electron chi connectivity index (χ4n) is 2.26. The van der Waals surface area contributed by atoms with Crippen molar-refractivity contribution in [3.63, 3.8) is 0 Å². The molecule has 1 saturated carbocycles. The van der Waals surface area contributed by atoms with Gasteiger partial charge in [0.1, 0.15) is 4.21 Å². The smallest absolute Gasteiger partial charge is 0.250 e. The highest BCUT2D eigenvalue weighted by molar-refractivity contribution is 7.91. The first-order chi connectivity index (χ1) is 8.62. The zero-order chi connectivity index (χ0) is 13.0. The van der Waals surface area contributed by atoms with Crippen molar-refractivity contribution in [1.82, 2.24) is 4.72 Å². The first-order valence-corrected chi connectivity index (χ1v) is 8.61. The van der Waals surface area contributed by atoms with E-state index >= 15 is 0 Å². The summed E-state index contributed by atoms with van der Waals surface area (Å²) in [5.41, 5.74) is 0. The maximum absolute atomic E-state index is 12.0. The van der Waals surface area contributed by atoms with Crippen LogP contribution in [0.25, 0.3) is 0 Å². The van der Waals surface area contributed by atoms with E-state index in [0.717, 1.165) is 17.7 Å². The van der Waals surface area contributed by atoms with Gasteiger partial charge in [0.05, 0.1) is 0 Å². The highest BCUT2D eigenvalue weighted by atomic mass is 32.2. The molecule has 1 fully saturated rings. The van der Waals surface area contributed by atoms with Gasteiger partial charge >= 0.3 is 0 Å². The van der Waals surface area contributed by atoms with Crippen LogP contribution in [0.3, 0.4) is 0 Å². The van der Waals surface area contributed by atoms with Gasteiger partial charge < -0.3 is 5.11 Å². The molecule has 6 heteroatoms. The van der Waals surface area contributed by atoms with Crippen molar-refractivity contribution >= 4 is 21.4 Å². The van der Waals surface area contributed by atoms with Crippen LogP contribution < -0.4 is 4.72 Å². The van der Waals surface area contributed by atoms with Crippen molar-refractivity contribution in [3.8, 4) is 0 Å². The SMILES string of the molecule is O=S(=O)(NCC1CCCC1)c1ccc(CCO)s1. The van der Waals surface area contributed by atoms with Crippen molar-refractivity contribution in [3.05, 3.63) is 17.0 Å². The minimum Gasteiger partial charge on any atom is -0.396 e. The summed E-state index contributed by atoms with van der Waals surface area (Å²) < 4.78 is 27.1. The van der Waals surface area contributed by atoms with Gasteiger partial charge in [-0.05, 0) is 30.9 Å². The lowest BCUT2D eigenvalue weighted by molar-refractivity contribution is 0.300. The lowest BCUT2D eigenvalue weighted by atomic mass is 10.1. The Kier molecular flexibility index (Phi) is 4.77. The number of rotatable bonds is 6. The van der Waals surface area contributed by atoms with E-state index in [1.807, 2.05) is 0 Å². The van der Waals surface area contributed by atoms with Crippen LogP contribution in [0, 0.1) is 5.92 Å². The summed E-state index contributed by atoms with van der Waals surface area (Å²) in [6.07, 6.45) is 5.20. The van der Waals surface area contributed by atoms with Crippen LogP contribution in [0.4, 0.5) is 0 Å². The van der Waals surface area contributed by atoms with Crippen molar-refractivity contribution in [2.24, 2.45) is 5.92 Å². The Morgan fingerprint density at radius 3 is 2.72 bits per heavy atom. The second-order valence-electron chi connectivity index (χ2n) is 4.70. The number of hydrogen-bond acceptors (Lipinski definition) is 4. The first-order valence-electron chi connectivity index (χ1n) is 6.31. The first kappa shape index (κ1) is 14.0. The van der Waals surface area contributed by atoms with Crippen molar-refractivity contribution in [2.75, 3.05) is 13.2 Å². The molecule has 0 saturated heterocycles. The molecule has 1 aromatic heterocycles. The van der Waals surface area contributed by atoms with Crippen LogP contribution in [0.15, 0.2) is 16.3 Å². The predicted molar refractivity (Wildman–Crippen MR) is 72.3 cm³/mol. The highest BCUT2D eigenvalue weighted by Crippen LogP contribution is 2.25. The van der Waals surface area contributed by atoms with Gasteiger partial charge in [-0.1, -0.05) is 12.8 Å². The van der Waals surface area contributed by atoms with Gasteiger partial charge in [-0.25, -0.2) is 13.1 Å². The molecule has 0 aliphatic heterocycles. The summed E-state index contributed by atoms with van der Waals surface area (Å²) >= 11 is 1.24. The molecule has 0 unspecified atom stereocenters. The van der Waals surface area contributed by atoms with Crippen molar-refractivity contribution < 1.29 is 13.5 Å². The molecule has 2 N–H and O–H groups in total. The molecule has 2 rings (SSSR count). The van der Waals surface area contributed by atoms with E-state index in [1.54, 1.807) is 12.1 Å². The number of hydrogen-bond donors (Lipinski definition) is 2. The Morgan fingerprint density at radius 2 is 2.06 bits per heavy atom. The van der Waals surface area contributed by atoms with Gasteiger partial charge in [-0.2, -0.15) is 0 Å². The second kappa shape index (κ2) is 6.14. The molecule has 1 heterocycles. The molecular formula is C12H19NO3S2. The fraction of sp³-hybridized carbons (Fsp3) is 0.667. The Balaban J connectivity index is 1.95. The van der Waals surface area contributed by atoms with Crippen LogP contribution in [0.1, 0.15) is 30.6 Å². The Morgan fingerprint density at radius 1 is 1.33 bits per heavy atom. The van der Waals surface area contributed by atoms with Gasteiger partial charge in [-0.15, -0.1) is 11.3 Å². The summed E-state index contributed by atoms with van der Waals surface area (Å²) in [5, 5.41) is 8.82.